The lowest BCUT2D eigenvalue weighted by Gasteiger charge is -2.35. The fourth-order valence-electron chi connectivity index (χ4n) is 4.08. The number of nitrogens with zero attached hydrogens (tertiary/aromatic N) is 5. The number of aromatic nitrogens is 3. The molecule has 1 aliphatic rings. The van der Waals surface area contributed by atoms with Crippen molar-refractivity contribution in [2.24, 2.45) is 9.98 Å². The second-order valence-corrected chi connectivity index (χ2v) is 9.03. The minimum Gasteiger partial charge on any atom is -0.470 e. The molecule has 0 atom stereocenters. The number of halogens is 1. The second kappa shape index (κ2) is 12.1. The van der Waals surface area contributed by atoms with E-state index in [4.69, 9.17) is 26.1 Å². The third-order valence-electron chi connectivity index (χ3n) is 5.99. The Hall–Kier alpha value is -3.34. The zero-order valence-corrected chi connectivity index (χ0v) is 21.7. The van der Waals surface area contributed by atoms with E-state index in [2.05, 4.69) is 42.0 Å². The van der Waals surface area contributed by atoms with Crippen molar-refractivity contribution in [1.82, 2.24) is 25.0 Å². The van der Waals surface area contributed by atoms with Gasteiger partial charge >= 0.3 is 0 Å². The van der Waals surface area contributed by atoms with Crippen LogP contribution >= 0.6 is 11.6 Å². The molecule has 0 amide bonds. The lowest BCUT2D eigenvalue weighted by molar-refractivity contribution is 0.120. The number of piperazine rings is 1. The molecule has 3 N–H and O–H groups in total. The van der Waals surface area contributed by atoms with Gasteiger partial charge in [0.2, 0.25) is 0 Å². The van der Waals surface area contributed by atoms with E-state index in [1.807, 2.05) is 44.2 Å². The number of fused-ring (bicyclic) bond motifs is 1. The van der Waals surface area contributed by atoms with Gasteiger partial charge in [-0.2, -0.15) is 5.10 Å². The monoisotopic (exact) mass is 512 g/mol. The molecule has 10 nitrogen and oxygen atoms in total. The van der Waals surface area contributed by atoms with Crippen LogP contribution < -0.4 is 10.1 Å². The number of hydrogen-bond donors (Lipinski definition) is 3. The fourth-order valence-corrected chi connectivity index (χ4v) is 4.36. The Balaban J connectivity index is 1.51. The largest absolute Gasteiger partial charge is 0.470 e. The SMILES string of the molecule is C=N/C(=C\C(=N/COc1ccc2[nH]c(C)cc2c1Cl)N1CCN(CCOC)CC1)Nc1cc(C)[nH]n1. The van der Waals surface area contributed by atoms with Crippen molar-refractivity contribution in [3.63, 3.8) is 0 Å². The molecule has 0 saturated carbocycles. The number of benzene rings is 1. The van der Waals surface area contributed by atoms with Gasteiger partial charge in [0.15, 0.2) is 12.5 Å². The number of aryl methyl sites for hydroxylation is 2. The Bertz CT molecular complexity index is 1240. The van der Waals surface area contributed by atoms with Crippen molar-refractivity contribution in [1.29, 1.82) is 0 Å². The van der Waals surface area contributed by atoms with Crippen molar-refractivity contribution < 1.29 is 9.47 Å². The van der Waals surface area contributed by atoms with Crippen molar-refractivity contribution in [2.75, 3.05) is 58.5 Å². The van der Waals surface area contributed by atoms with Gasteiger partial charge in [0.1, 0.15) is 17.4 Å². The Labute approximate surface area is 216 Å². The van der Waals surface area contributed by atoms with Crippen LogP contribution in [0.25, 0.3) is 10.9 Å². The third kappa shape index (κ3) is 6.45. The lowest BCUT2D eigenvalue weighted by Crippen LogP contribution is -2.49. The molecular formula is C25H33ClN8O2. The van der Waals surface area contributed by atoms with E-state index in [-0.39, 0.29) is 6.73 Å². The first kappa shape index (κ1) is 25.7. The molecule has 0 spiro atoms. The smallest absolute Gasteiger partial charge is 0.181 e. The molecule has 0 unspecified atom stereocenters. The molecular weight excluding hydrogens is 480 g/mol. The van der Waals surface area contributed by atoms with Crippen molar-refractivity contribution >= 4 is 40.9 Å². The first-order valence-corrected chi connectivity index (χ1v) is 12.2. The predicted octanol–water partition coefficient (Wildman–Crippen LogP) is 3.81. The molecule has 4 rings (SSSR count). The number of ether oxygens (including phenoxy) is 2. The predicted molar refractivity (Wildman–Crippen MR) is 145 cm³/mol. The third-order valence-corrected chi connectivity index (χ3v) is 6.38. The van der Waals surface area contributed by atoms with E-state index < -0.39 is 0 Å². The standard InChI is InChI=1S/C25H33ClN8O2/c1-17-13-19-20(29-17)5-6-21(25(19)26)36-16-28-24(34-9-7-33(8-10-34)11-12-35-4)15-22(27-3)30-23-14-18(2)31-32-23/h5-6,13-15,29H,3,7-12,16H2,1-2,4H3,(H2,30,31,32)/b22-15+,28-24+. The van der Waals surface area contributed by atoms with Gasteiger partial charge in [0, 0.05) is 74.3 Å². The first-order valence-electron chi connectivity index (χ1n) is 11.9. The van der Waals surface area contributed by atoms with Crippen LogP contribution in [-0.4, -0.2) is 90.7 Å². The van der Waals surface area contributed by atoms with Gasteiger partial charge in [-0.15, -0.1) is 0 Å². The van der Waals surface area contributed by atoms with Crippen molar-refractivity contribution in [3.05, 3.63) is 52.6 Å². The summed E-state index contributed by atoms with van der Waals surface area (Å²) in [4.78, 5) is 16.8. The summed E-state index contributed by atoms with van der Waals surface area (Å²) in [6.07, 6.45) is 1.87. The molecule has 0 aliphatic carbocycles. The minimum absolute atomic E-state index is 0.107. The molecule has 2 aromatic heterocycles. The topological polar surface area (TPSA) is 106 Å². The van der Waals surface area contributed by atoms with Crippen LogP contribution in [-0.2, 0) is 4.74 Å². The molecule has 192 valence electrons. The van der Waals surface area contributed by atoms with Gasteiger partial charge in [-0.3, -0.25) is 10.00 Å². The number of anilines is 1. The molecule has 1 saturated heterocycles. The highest BCUT2D eigenvalue weighted by atomic mass is 35.5. The molecule has 11 heteroatoms. The zero-order valence-electron chi connectivity index (χ0n) is 21.0. The second-order valence-electron chi connectivity index (χ2n) is 8.65. The summed E-state index contributed by atoms with van der Waals surface area (Å²) in [5.74, 6) is 2.54. The molecule has 3 heterocycles. The molecule has 1 aromatic carbocycles. The summed E-state index contributed by atoms with van der Waals surface area (Å²) < 4.78 is 11.2. The van der Waals surface area contributed by atoms with Crippen LogP contribution in [0, 0.1) is 13.8 Å². The van der Waals surface area contributed by atoms with Crippen LogP contribution in [0.5, 0.6) is 5.75 Å². The molecule has 1 fully saturated rings. The molecule has 36 heavy (non-hydrogen) atoms. The Morgan fingerprint density at radius 1 is 1.22 bits per heavy atom. The summed E-state index contributed by atoms with van der Waals surface area (Å²) in [7, 11) is 1.73. The van der Waals surface area contributed by atoms with Crippen LogP contribution in [0.15, 0.2) is 46.1 Å². The van der Waals surface area contributed by atoms with Gasteiger partial charge < -0.3 is 24.7 Å². The Morgan fingerprint density at radius 2 is 2.03 bits per heavy atom. The van der Waals surface area contributed by atoms with E-state index in [1.165, 1.54) is 0 Å². The lowest BCUT2D eigenvalue weighted by atomic mass is 10.2. The number of rotatable bonds is 10. The fraction of sp³-hybridized carbons (Fsp3) is 0.400. The summed E-state index contributed by atoms with van der Waals surface area (Å²) in [6, 6.07) is 7.73. The highest BCUT2D eigenvalue weighted by molar-refractivity contribution is 6.37. The highest BCUT2D eigenvalue weighted by Gasteiger charge is 2.19. The summed E-state index contributed by atoms with van der Waals surface area (Å²) in [5.41, 5.74) is 2.97. The van der Waals surface area contributed by atoms with E-state index in [9.17, 15) is 0 Å². The maximum Gasteiger partial charge on any atom is 0.181 e. The first-order chi connectivity index (χ1) is 17.5. The average Bonchev–Trinajstić information content (AvgIpc) is 3.47. The van der Waals surface area contributed by atoms with Crippen LogP contribution in [0.2, 0.25) is 5.02 Å². The van der Waals surface area contributed by atoms with E-state index in [0.717, 1.165) is 67.5 Å². The maximum absolute atomic E-state index is 6.60. The van der Waals surface area contributed by atoms with Gasteiger partial charge in [-0.05, 0) is 38.8 Å². The van der Waals surface area contributed by atoms with Gasteiger partial charge in [0.05, 0.1) is 11.6 Å². The van der Waals surface area contributed by atoms with E-state index in [1.54, 1.807) is 7.11 Å². The Kier molecular flexibility index (Phi) is 8.63. The molecule has 0 bridgehead atoms. The van der Waals surface area contributed by atoms with Gasteiger partial charge in [-0.1, -0.05) is 11.6 Å². The van der Waals surface area contributed by atoms with E-state index >= 15 is 0 Å². The number of H-pyrrole nitrogens is 2. The van der Waals surface area contributed by atoms with Crippen LogP contribution in [0.4, 0.5) is 5.82 Å². The minimum atomic E-state index is 0.107. The van der Waals surface area contributed by atoms with Crippen LogP contribution in [0.3, 0.4) is 0 Å². The Morgan fingerprint density at radius 3 is 2.72 bits per heavy atom. The van der Waals surface area contributed by atoms with Crippen molar-refractivity contribution in [3.8, 4) is 5.75 Å². The van der Waals surface area contributed by atoms with Crippen molar-refractivity contribution in [2.45, 2.75) is 13.8 Å². The number of methoxy groups -OCH3 is 1. The molecule has 1 aliphatic heterocycles. The number of amidine groups is 1. The molecule has 3 aromatic rings. The zero-order chi connectivity index (χ0) is 25.5. The van der Waals surface area contributed by atoms with Crippen LogP contribution in [0.1, 0.15) is 11.4 Å². The quantitative estimate of drug-likeness (QED) is 0.282. The number of aliphatic imine (C=N–C) groups is 2. The maximum atomic E-state index is 6.60. The normalized spacial score (nSPS) is 15.5. The number of hydrogen-bond acceptors (Lipinski definition) is 7. The summed E-state index contributed by atoms with van der Waals surface area (Å²) >= 11 is 6.60. The average molecular weight is 513 g/mol. The van der Waals surface area contributed by atoms with E-state index in [0.29, 0.717) is 22.4 Å². The molecule has 0 radical (unpaired) electrons. The number of nitrogens with one attached hydrogen (secondary N) is 3. The van der Waals surface area contributed by atoms with Gasteiger partial charge in [0.25, 0.3) is 0 Å². The number of aromatic amines is 2. The summed E-state index contributed by atoms with van der Waals surface area (Å²) in [5, 5.41) is 11.8. The highest BCUT2D eigenvalue weighted by Crippen LogP contribution is 2.33. The van der Waals surface area contributed by atoms with Gasteiger partial charge in [-0.25, -0.2) is 9.98 Å². The summed E-state index contributed by atoms with van der Waals surface area (Å²) in [6.45, 7) is 12.9.